The Labute approximate surface area is 115 Å². The summed E-state index contributed by atoms with van der Waals surface area (Å²) in [6, 6.07) is 15.1. The first kappa shape index (κ1) is 9.89. The highest BCUT2D eigenvalue weighted by atomic mass is 127. The van der Waals surface area contributed by atoms with Crippen LogP contribution in [0.1, 0.15) is 0 Å². The number of para-hydroxylation sites is 1. The molecule has 1 heterocycles. The Hall–Kier alpha value is -0.300. The molecule has 0 spiro atoms. The predicted molar refractivity (Wildman–Crippen MR) is 81.6 cm³/mol. The van der Waals surface area contributed by atoms with Gasteiger partial charge < -0.3 is 0 Å². The maximum Gasteiger partial charge on any atom is 0.0646 e. The molecule has 0 bridgehead atoms. The molecule has 0 aliphatic heterocycles. The molecular formula is C12H7I2N. The fraction of sp³-hybridized carbons (Fsp3) is 0. The van der Waals surface area contributed by atoms with E-state index in [1.807, 2.05) is 0 Å². The Balaban J connectivity index is 2.63. The van der Waals surface area contributed by atoms with Crippen molar-refractivity contribution in [3.05, 3.63) is 46.0 Å². The molecule has 0 atom stereocenters. The summed E-state index contributed by atoms with van der Waals surface area (Å²) in [6.07, 6.45) is 0. The highest BCUT2D eigenvalue weighted by Crippen LogP contribution is 2.31. The summed E-state index contributed by atoms with van der Waals surface area (Å²) < 4.78 is 3.51. The van der Waals surface area contributed by atoms with E-state index >= 15 is 0 Å². The first-order valence-electron chi connectivity index (χ1n) is 4.62. The van der Waals surface area contributed by atoms with Crippen molar-refractivity contribution in [1.82, 2.24) is 2.78 Å². The van der Waals surface area contributed by atoms with Crippen molar-refractivity contribution in [1.29, 1.82) is 0 Å². The number of hydrogen-bond donors (Lipinski definition) is 0. The maximum atomic E-state index is 2.36. The molecule has 0 saturated heterocycles. The molecule has 1 aromatic heterocycles. The fourth-order valence-corrected chi connectivity index (χ4v) is 3.19. The summed E-state index contributed by atoms with van der Waals surface area (Å²) in [7, 11) is 0. The highest BCUT2D eigenvalue weighted by Gasteiger charge is 2.07. The maximum absolute atomic E-state index is 2.36. The standard InChI is InChI=1S/C12H7I2N/c13-8-5-6-10-9-3-1-2-4-11(9)15(14)12(10)7-8/h1-7H. The SMILES string of the molecule is Ic1ccc2c3ccccc3n(I)c2c1. The van der Waals surface area contributed by atoms with Crippen molar-refractivity contribution in [2.24, 2.45) is 0 Å². The largest absolute Gasteiger partial charge is 0.282 e. The molecule has 3 rings (SSSR count). The second-order valence-electron chi connectivity index (χ2n) is 3.46. The Kier molecular flexibility index (Phi) is 2.39. The van der Waals surface area contributed by atoms with Crippen LogP contribution in [-0.4, -0.2) is 2.78 Å². The number of nitrogens with zero attached hydrogens (tertiary/aromatic N) is 1. The van der Waals surface area contributed by atoms with Crippen LogP contribution in [0.5, 0.6) is 0 Å². The van der Waals surface area contributed by atoms with Crippen LogP contribution in [0, 0.1) is 3.57 Å². The monoisotopic (exact) mass is 419 g/mol. The number of rotatable bonds is 0. The van der Waals surface area contributed by atoms with E-state index in [4.69, 9.17) is 0 Å². The first-order chi connectivity index (χ1) is 7.27. The van der Waals surface area contributed by atoms with E-state index in [9.17, 15) is 0 Å². The molecule has 0 amide bonds. The van der Waals surface area contributed by atoms with E-state index in [-0.39, 0.29) is 0 Å². The number of halogens is 2. The molecule has 0 aliphatic rings. The predicted octanol–water partition coefficient (Wildman–Crippen LogP) is 4.60. The quantitative estimate of drug-likeness (QED) is 0.470. The van der Waals surface area contributed by atoms with Crippen LogP contribution in [0.4, 0.5) is 0 Å². The molecular weight excluding hydrogens is 412 g/mol. The van der Waals surface area contributed by atoms with Gasteiger partial charge in [0, 0.05) is 14.3 Å². The molecule has 15 heavy (non-hydrogen) atoms. The average molecular weight is 419 g/mol. The molecule has 0 N–H and O–H groups in total. The lowest BCUT2D eigenvalue weighted by molar-refractivity contribution is 1.49. The molecule has 3 aromatic rings. The smallest absolute Gasteiger partial charge is 0.0646 e. The summed E-state index contributed by atoms with van der Waals surface area (Å²) in [4.78, 5) is 0. The lowest BCUT2D eigenvalue weighted by atomic mass is 10.2. The minimum absolute atomic E-state index is 1.28. The first-order valence-corrected chi connectivity index (χ1v) is 6.66. The van der Waals surface area contributed by atoms with Gasteiger partial charge in [-0.05, 0) is 40.8 Å². The zero-order valence-corrected chi connectivity index (χ0v) is 12.1. The minimum atomic E-state index is 1.28. The number of aromatic nitrogens is 1. The van der Waals surface area contributed by atoms with Crippen molar-refractivity contribution in [2.75, 3.05) is 0 Å². The zero-order chi connectivity index (χ0) is 10.4. The third kappa shape index (κ3) is 1.47. The summed E-state index contributed by atoms with van der Waals surface area (Å²) >= 11 is 4.71. The van der Waals surface area contributed by atoms with Crippen molar-refractivity contribution in [3.63, 3.8) is 0 Å². The van der Waals surface area contributed by atoms with E-state index in [2.05, 4.69) is 90.7 Å². The van der Waals surface area contributed by atoms with Gasteiger partial charge in [0.05, 0.1) is 33.9 Å². The Morgan fingerprint density at radius 1 is 0.867 bits per heavy atom. The fourth-order valence-electron chi connectivity index (χ4n) is 1.90. The third-order valence-corrected chi connectivity index (χ3v) is 4.29. The van der Waals surface area contributed by atoms with E-state index in [1.165, 1.54) is 25.4 Å². The van der Waals surface area contributed by atoms with Gasteiger partial charge in [-0.2, -0.15) is 0 Å². The topological polar surface area (TPSA) is 4.93 Å². The van der Waals surface area contributed by atoms with Crippen LogP contribution < -0.4 is 0 Å². The van der Waals surface area contributed by atoms with Crippen molar-refractivity contribution in [2.45, 2.75) is 0 Å². The van der Waals surface area contributed by atoms with Crippen LogP contribution in [0.2, 0.25) is 0 Å². The van der Waals surface area contributed by atoms with Gasteiger partial charge in [-0.15, -0.1) is 0 Å². The second-order valence-corrected chi connectivity index (χ2v) is 5.67. The Morgan fingerprint density at radius 2 is 1.60 bits per heavy atom. The number of benzene rings is 2. The van der Waals surface area contributed by atoms with Gasteiger partial charge in [0.1, 0.15) is 0 Å². The molecule has 0 aliphatic carbocycles. The molecule has 2 aromatic carbocycles. The molecule has 74 valence electrons. The van der Waals surface area contributed by atoms with Gasteiger partial charge in [-0.3, -0.25) is 2.78 Å². The third-order valence-electron chi connectivity index (χ3n) is 2.58. The Bertz CT molecular complexity index is 655. The van der Waals surface area contributed by atoms with E-state index in [0.717, 1.165) is 0 Å². The lowest BCUT2D eigenvalue weighted by Crippen LogP contribution is -1.77. The van der Waals surface area contributed by atoms with Gasteiger partial charge in [0.15, 0.2) is 0 Å². The van der Waals surface area contributed by atoms with Crippen LogP contribution in [0.25, 0.3) is 21.8 Å². The molecule has 0 unspecified atom stereocenters. The minimum Gasteiger partial charge on any atom is -0.282 e. The molecule has 0 radical (unpaired) electrons. The van der Waals surface area contributed by atoms with E-state index in [0.29, 0.717) is 0 Å². The van der Waals surface area contributed by atoms with Gasteiger partial charge in [0.25, 0.3) is 0 Å². The molecule has 3 heteroatoms. The number of hydrogen-bond acceptors (Lipinski definition) is 0. The lowest BCUT2D eigenvalue weighted by Gasteiger charge is -1.94. The van der Waals surface area contributed by atoms with Crippen LogP contribution in [0.15, 0.2) is 42.5 Å². The van der Waals surface area contributed by atoms with Crippen molar-refractivity contribution in [3.8, 4) is 0 Å². The normalized spacial score (nSPS) is 11.3. The van der Waals surface area contributed by atoms with Gasteiger partial charge >= 0.3 is 0 Å². The average Bonchev–Trinajstić information content (AvgIpc) is 2.54. The van der Waals surface area contributed by atoms with Crippen LogP contribution in [0.3, 0.4) is 0 Å². The molecule has 0 fully saturated rings. The zero-order valence-electron chi connectivity index (χ0n) is 7.74. The second kappa shape index (κ2) is 3.62. The summed E-state index contributed by atoms with van der Waals surface area (Å²) in [5.41, 5.74) is 2.58. The molecule has 0 saturated carbocycles. The van der Waals surface area contributed by atoms with Crippen LogP contribution in [-0.2, 0) is 0 Å². The Morgan fingerprint density at radius 3 is 2.47 bits per heavy atom. The molecule has 1 nitrogen and oxygen atoms in total. The van der Waals surface area contributed by atoms with E-state index in [1.54, 1.807) is 0 Å². The van der Waals surface area contributed by atoms with E-state index < -0.39 is 0 Å². The summed E-state index contributed by atoms with van der Waals surface area (Å²) in [6.45, 7) is 0. The van der Waals surface area contributed by atoms with Crippen molar-refractivity contribution < 1.29 is 0 Å². The van der Waals surface area contributed by atoms with Crippen LogP contribution >= 0.6 is 45.5 Å². The summed E-state index contributed by atoms with van der Waals surface area (Å²) in [5.74, 6) is 0. The number of fused-ring (bicyclic) bond motifs is 3. The summed E-state index contributed by atoms with van der Waals surface area (Å²) in [5, 5.41) is 2.67. The highest BCUT2D eigenvalue weighted by molar-refractivity contribution is 14.1. The van der Waals surface area contributed by atoms with Gasteiger partial charge in [-0.1, -0.05) is 24.3 Å². The van der Waals surface area contributed by atoms with Gasteiger partial charge in [-0.25, -0.2) is 0 Å². The van der Waals surface area contributed by atoms with Gasteiger partial charge in [0.2, 0.25) is 0 Å². The van der Waals surface area contributed by atoms with Crippen molar-refractivity contribution >= 4 is 67.3 Å².